The summed E-state index contributed by atoms with van der Waals surface area (Å²) in [5.74, 6) is -0.796. The maximum atomic E-state index is 12.1. The predicted molar refractivity (Wildman–Crippen MR) is 81.6 cm³/mol. The van der Waals surface area contributed by atoms with Gasteiger partial charge in [0.15, 0.2) is 6.61 Å². The van der Waals surface area contributed by atoms with Gasteiger partial charge < -0.3 is 29.4 Å². The lowest BCUT2D eigenvalue weighted by Crippen LogP contribution is -2.51. The second-order valence-electron chi connectivity index (χ2n) is 4.94. The van der Waals surface area contributed by atoms with Gasteiger partial charge in [-0.15, -0.1) is 0 Å². The fourth-order valence-corrected chi connectivity index (χ4v) is 2.22. The summed E-state index contributed by atoms with van der Waals surface area (Å²) in [4.78, 5) is 40.6. The summed E-state index contributed by atoms with van der Waals surface area (Å²) in [6.07, 6.45) is 0.883. The van der Waals surface area contributed by atoms with Crippen molar-refractivity contribution in [3.8, 4) is 5.75 Å². The van der Waals surface area contributed by atoms with E-state index in [9.17, 15) is 19.7 Å². The van der Waals surface area contributed by atoms with Crippen LogP contribution in [0.5, 0.6) is 5.75 Å². The molecule has 0 saturated carbocycles. The normalized spacial score (nSPS) is 14.2. The van der Waals surface area contributed by atoms with E-state index in [0.29, 0.717) is 32.8 Å². The molecule has 0 atom stereocenters. The molecule has 0 radical (unpaired) electrons. The van der Waals surface area contributed by atoms with Crippen LogP contribution in [0.3, 0.4) is 0 Å². The Labute approximate surface area is 138 Å². The van der Waals surface area contributed by atoms with Gasteiger partial charge in [0, 0.05) is 26.2 Å². The zero-order valence-electron chi connectivity index (χ0n) is 13.2. The van der Waals surface area contributed by atoms with Crippen LogP contribution in [-0.4, -0.2) is 71.1 Å². The molecule has 2 heterocycles. The molecule has 10 nitrogen and oxygen atoms in total. The Kier molecular flexibility index (Phi) is 5.88. The average Bonchev–Trinajstić information content (AvgIpc) is 2.60. The van der Waals surface area contributed by atoms with Crippen molar-refractivity contribution in [3.63, 3.8) is 0 Å². The molecule has 1 aromatic heterocycles. The first-order valence-electron chi connectivity index (χ1n) is 7.44. The number of rotatable bonds is 5. The molecule has 2 rings (SSSR count). The van der Waals surface area contributed by atoms with E-state index in [2.05, 4.69) is 4.98 Å². The molecule has 0 bridgehead atoms. The smallest absolute Gasteiger partial charge is 0.409 e. The maximum absolute atomic E-state index is 12.1. The number of aromatic nitrogens is 1. The van der Waals surface area contributed by atoms with Crippen LogP contribution in [0.15, 0.2) is 18.3 Å². The topological polar surface area (TPSA) is 115 Å². The molecule has 0 N–H and O–H groups in total. The highest BCUT2D eigenvalue weighted by atomic mass is 16.6. The fourth-order valence-electron chi connectivity index (χ4n) is 2.22. The highest BCUT2D eigenvalue weighted by molar-refractivity contribution is 5.78. The molecule has 1 fully saturated rings. The Bertz CT molecular complexity index is 615. The SMILES string of the molecule is CCOC(=O)N1CCN(C(=O)COc2cccnc2[N+](=O)[O-])CC1. The lowest BCUT2D eigenvalue weighted by molar-refractivity contribution is -0.390. The van der Waals surface area contributed by atoms with E-state index in [1.54, 1.807) is 6.92 Å². The minimum absolute atomic E-state index is 0.0546. The molecule has 0 spiro atoms. The van der Waals surface area contributed by atoms with Gasteiger partial charge in [-0.05, 0) is 29.0 Å². The summed E-state index contributed by atoms with van der Waals surface area (Å²) >= 11 is 0. The van der Waals surface area contributed by atoms with Gasteiger partial charge in [0.2, 0.25) is 5.75 Å². The number of ether oxygens (including phenoxy) is 2. The Morgan fingerprint density at radius 3 is 2.58 bits per heavy atom. The monoisotopic (exact) mass is 338 g/mol. The second-order valence-corrected chi connectivity index (χ2v) is 4.94. The molecule has 1 aliphatic rings. The van der Waals surface area contributed by atoms with E-state index in [-0.39, 0.29) is 18.3 Å². The molecule has 10 heteroatoms. The Hall–Kier alpha value is -2.91. The van der Waals surface area contributed by atoms with Crippen molar-refractivity contribution < 1.29 is 24.0 Å². The van der Waals surface area contributed by atoms with E-state index >= 15 is 0 Å². The van der Waals surface area contributed by atoms with Crippen LogP contribution in [0.25, 0.3) is 0 Å². The number of amides is 2. The molecular weight excluding hydrogens is 320 g/mol. The summed E-state index contributed by atoms with van der Waals surface area (Å²) in [5, 5.41) is 10.8. The van der Waals surface area contributed by atoms with Crippen molar-refractivity contribution in [1.29, 1.82) is 0 Å². The number of hydrogen-bond acceptors (Lipinski definition) is 7. The van der Waals surface area contributed by atoms with Gasteiger partial charge in [0.05, 0.1) is 6.61 Å². The summed E-state index contributed by atoms with van der Waals surface area (Å²) in [6.45, 7) is 3.16. The molecule has 1 aromatic rings. The summed E-state index contributed by atoms with van der Waals surface area (Å²) in [7, 11) is 0. The first-order valence-corrected chi connectivity index (χ1v) is 7.44. The third-order valence-electron chi connectivity index (χ3n) is 3.43. The summed E-state index contributed by atoms with van der Waals surface area (Å²) in [5.41, 5.74) is 0. The van der Waals surface area contributed by atoms with Gasteiger partial charge >= 0.3 is 11.9 Å². The lowest BCUT2D eigenvalue weighted by Gasteiger charge is -2.33. The van der Waals surface area contributed by atoms with Crippen molar-refractivity contribution in [2.45, 2.75) is 6.92 Å². The third kappa shape index (κ3) is 4.31. The van der Waals surface area contributed by atoms with Crippen molar-refractivity contribution >= 4 is 17.8 Å². The van der Waals surface area contributed by atoms with Crippen LogP contribution < -0.4 is 4.74 Å². The predicted octanol–water partition coefficient (Wildman–Crippen LogP) is 0.669. The van der Waals surface area contributed by atoms with Crippen molar-refractivity contribution in [2.24, 2.45) is 0 Å². The Morgan fingerprint density at radius 1 is 1.29 bits per heavy atom. The zero-order chi connectivity index (χ0) is 17.5. The molecule has 130 valence electrons. The third-order valence-corrected chi connectivity index (χ3v) is 3.43. The highest BCUT2D eigenvalue weighted by Gasteiger charge is 2.25. The molecule has 0 aromatic carbocycles. The number of piperazine rings is 1. The van der Waals surface area contributed by atoms with Crippen molar-refractivity contribution in [1.82, 2.24) is 14.8 Å². The zero-order valence-corrected chi connectivity index (χ0v) is 13.2. The number of carbonyl (C=O) groups is 2. The van der Waals surface area contributed by atoms with E-state index in [1.165, 1.54) is 28.1 Å². The first kappa shape index (κ1) is 17.4. The second kappa shape index (κ2) is 8.09. The van der Waals surface area contributed by atoms with Crippen LogP contribution >= 0.6 is 0 Å². The van der Waals surface area contributed by atoms with Gasteiger partial charge in [-0.2, -0.15) is 0 Å². The standard InChI is InChI=1S/C14H18N4O6/c1-2-23-14(20)17-8-6-16(7-9-17)12(19)10-24-11-4-3-5-15-13(11)18(21)22/h3-5H,2,6-10H2,1H3. The van der Waals surface area contributed by atoms with Crippen LogP contribution in [-0.2, 0) is 9.53 Å². The van der Waals surface area contributed by atoms with Gasteiger partial charge in [0.25, 0.3) is 5.91 Å². The Balaban J connectivity index is 1.84. The molecule has 0 unspecified atom stereocenters. The van der Waals surface area contributed by atoms with Gasteiger partial charge in [-0.3, -0.25) is 4.79 Å². The van der Waals surface area contributed by atoms with E-state index in [4.69, 9.17) is 9.47 Å². The molecular formula is C14H18N4O6. The van der Waals surface area contributed by atoms with E-state index in [1.807, 2.05) is 0 Å². The summed E-state index contributed by atoms with van der Waals surface area (Å²) < 4.78 is 10.1. The van der Waals surface area contributed by atoms with Crippen molar-refractivity contribution in [2.75, 3.05) is 39.4 Å². The number of hydrogen-bond donors (Lipinski definition) is 0. The van der Waals surface area contributed by atoms with Crippen LogP contribution in [0.2, 0.25) is 0 Å². The van der Waals surface area contributed by atoms with E-state index < -0.39 is 16.8 Å². The number of nitrogens with zero attached hydrogens (tertiary/aromatic N) is 4. The molecule has 1 saturated heterocycles. The number of pyridine rings is 1. The number of carbonyl (C=O) groups excluding carboxylic acids is 2. The van der Waals surface area contributed by atoms with Gasteiger partial charge in [0.1, 0.15) is 6.20 Å². The van der Waals surface area contributed by atoms with Gasteiger partial charge in [-0.25, -0.2) is 4.79 Å². The quantitative estimate of drug-likeness (QED) is 0.572. The Morgan fingerprint density at radius 2 is 1.96 bits per heavy atom. The average molecular weight is 338 g/mol. The molecule has 24 heavy (non-hydrogen) atoms. The lowest BCUT2D eigenvalue weighted by atomic mass is 10.3. The largest absolute Gasteiger partial charge is 0.476 e. The number of nitro groups is 1. The maximum Gasteiger partial charge on any atom is 0.409 e. The van der Waals surface area contributed by atoms with Crippen LogP contribution in [0, 0.1) is 10.1 Å². The molecule has 2 amide bonds. The summed E-state index contributed by atoms with van der Waals surface area (Å²) in [6, 6.07) is 2.88. The highest BCUT2D eigenvalue weighted by Crippen LogP contribution is 2.22. The first-order chi connectivity index (χ1) is 11.5. The van der Waals surface area contributed by atoms with Gasteiger partial charge in [-0.1, -0.05) is 0 Å². The van der Waals surface area contributed by atoms with E-state index in [0.717, 1.165) is 0 Å². The molecule has 0 aliphatic carbocycles. The minimum atomic E-state index is -0.669. The minimum Gasteiger partial charge on any atom is -0.476 e. The van der Waals surface area contributed by atoms with Crippen LogP contribution in [0.1, 0.15) is 6.92 Å². The molecule has 1 aliphatic heterocycles. The van der Waals surface area contributed by atoms with Crippen molar-refractivity contribution in [3.05, 3.63) is 28.4 Å². The van der Waals surface area contributed by atoms with Crippen LogP contribution in [0.4, 0.5) is 10.6 Å². The fraction of sp³-hybridized carbons (Fsp3) is 0.500.